The molecule has 0 aliphatic heterocycles. The van der Waals surface area contributed by atoms with Gasteiger partial charge in [-0.3, -0.25) is 4.98 Å². The first-order chi connectivity index (χ1) is 8.66. The van der Waals surface area contributed by atoms with Crippen molar-refractivity contribution in [1.29, 1.82) is 0 Å². The molecule has 0 aliphatic carbocycles. The third-order valence-electron chi connectivity index (χ3n) is 2.78. The average molecular weight is 326 g/mol. The lowest BCUT2D eigenvalue weighted by Gasteiger charge is -2.14. The molecule has 0 radical (unpaired) electrons. The molecular formula is C14H14BrClN2. The predicted octanol–water partition coefficient (Wildman–Crippen LogP) is 4.35. The van der Waals surface area contributed by atoms with E-state index >= 15 is 0 Å². The van der Waals surface area contributed by atoms with Gasteiger partial charge in [0.05, 0.1) is 5.02 Å². The van der Waals surface area contributed by atoms with Gasteiger partial charge in [0.1, 0.15) is 0 Å². The van der Waals surface area contributed by atoms with Crippen LogP contribution in [0.4, 0.5) is 0 Å². The Bertz CT molecular complexity index is 516. The highest BCUT2D eigenvalue weighted by Gasteiger charge is 2.05. The van der Waals surface area contributed by atoms with Crippen LogP contribution in [0.25, 0.3) is 0 Å². The molecule has 0 saturated heterocycles. The molecule has 1 atom stereocenters. The molecule has 4 heteroatoms. The smallest absolute Gasteiger partial charge is 0.0551 e. The Hall–Kier alpha value is -0.900. The van der Waals surface area contributed by atoms with E-state index in [9.17, 15) is 0 Å². The van der Waals surface area contributed by atoms with E-state index in [1.165, 1.54) is 11.1 Å². The standard InChI is InChI=1S/C14H14BrClN2/c1-10(12-3-2-6-17-9-12)18-8-11-4-5-13(15)14(16)7-11/h2-7,9-10,18H,8H2,1H3/t10-/m1/s1. The van der Waals surface area contributed by atoms with Gasteiger partial charge >= 0.3 is 0 Å². The fraction of sp³-hybridized carbons (Fsp3) is 0.214. The quantitative estimate of drug-likeness (QED) is 0.904. The summed E-state index contributed by atoms with van der Waals surface area (Å²) >= 11 is 9.45. The lowest BCUT2D eigenvalue weighted by molar-refractivity contribution is 0.573. The van der Waals surface area contributed by atoms with Crippen molar-refractivity contribution in [3.63, 3.8) is 0 Å². The average Bonchev–Trinajstić information content (AvgIpc) is 2.41. The minimum absolute atomic E-state index is 0.265. The van der Waals surface area contributed by atoms with Gasteiger partial charge in [0.2, 0.25) is 0 Å². The fourth-order valence-corrected chi connectivity index (χ4v) is 2.12. The summed E-state index contributed by atoms with van der Waals surface area (Å²) in [6.45, 7) is 2.90. The number of rotatable bonds is 4. The molecule has 18 heavy (non-hydrogen) atoms. The number of hydrogen-bond donors (Lipinski definition) is 1. The Morgan fingerprint density at radius 2 is 2.22 bits per heavy atom. The Morgan fingerprint density at radius 1 is 1.39 bits per heavy atom. The Labute approximate surface area is 121 Å². The van der Waals surface area contributed by atoms with Crippen molar-refractivity contribution in [2.24, 2.45) is 0 Å². The van der Waals surface area contributed by atoms with E-state index in [0.717, 1.165) is 16.0 Å². The third-order valence-corrected chi connectivity index (χ3v) is 4.01. The zero-order valence-electron chi connectivity index (χ0n) is 10.0. The normalized spacial score (nSPS) is 12.4. The van der Waals surface area contributed by atoms with Gasteiger partial charge < -0.3 is 5.32 Å². The summed E-state index contributed by atoms with van der Waals surface area (Å²) in [6, 6.07) is 10.3. The van der Waals surface area contributed by atoms with Crippen LogP contribution in [0.1, 0.15) is 24.1 Å². The molecule has 94 valence electrons. The Balaban J connectivity index is 1.97. The molecule has 2 aromatic rings. The van der Waals surface area contributed by atoms with Crippen LogP contribution in [0, 0.1) is 0 Å². The van der Waals surface area contributed by atoms with Crippen LogP contribution in [0.2, 0.25) is 5.02 Å². The summed E-state index contributed by atoms with van der Waals surface area (Å²) < 4.78 is 0.924. The highest BCUT2D eigenvalue weighted by Crippen LogP contribution is 2.23. The molecule has 1 heterocycles. The number of aromatic nitrogens is 1. The summed E-state index contributed by atoms with van der Waals surface area (Å²) in [5.41, 5.74) is 2.35. The maximum absolute atomic E-state index is 6.06. The van der Waals surface area contributed by atoms with Gasteiger partial charge in [-0.25, -0.2) is 0 Å². The molecule has 0 saturated carbocycles. The molecule has 2 rings (SSSR count). The van der Waals surface area contributed by atoms with Crippen molar-refractivity contribution in [2.45, 2.75) is 19.5 Å². The second-order valence-electron chi connectivity index (χ2n) is 4.14. The van der Waals surface area contributed by atoms with Crippen LogP contribution in [-0.2, 0) is 6.54 Å². The van der Waals surface area contributed by atoms with Crippen LogP contribution in [0.5, 0.6) is 0 Å². The van der Waals surface area contributed by atoms with Crippen LogP contribution in [0.15, 0.2) is 47.2 Å². The molecule has 1 aromatic carbocycles. The van der Waals surface area contributed by atoms with Gasteiger partial charge in [-0.2, -0.15) is 0 Å². The van der Waals surface area contributed by atoms with Crippen molar-refractivity contribution in [1.82, 2.24) is 10.3 Å². The van der Waals surface area contributed by atoms with Crippen molar-refractivity contribution >= 4 is 27.5 Å². The van der Waals surface area contributed by atoms with E-state index < -0.39 is 0 Å². The minimum atomic E-state index is 0.265. The molecule has 0 unspecified atom stereocenters. The second-order valence-corrected chi connectivity index (χ2v) is 5.40. The van der Waals surface area contributed by atoms with Crippen molar-refractivity contribution in [2.75, 3.05) is 0 Å². The largest absolute Gasteiger partial charge is 0.306 e. The van der Waals surface area contributed by atoms with E-state index in [1.807, 2.05) is 24.4 Å². The molecule has 1 aromatic heterocycles. The van der Waals surface area contributed by atoms with E-state index in [4.69, 9.17) is 11.6 Å². The summed E-state index contributed by atoms with van der Waals surface area (Å²) in [5, 5.41) is 4.19. The van der Waals surface area contributed by atoms with E-state index in [2.05, 4.69) is 45.3 Å². The molecule has 0 aliphatic rings. The van der Waals surface area contributed by atoms with Crippen molar-refractivity contribution in [3.05, 3.63) is 63.3 Å². The molecule has 2 nitrogen and oxygen atoms in total. The number of nitrogens with zero attached hydrogens (tertiary/aromatic N) is 1. The molecular weight excluding hydrogens is 312 g/mol. The van der Waals surface area contributed by atoms with E-state index in [1.54, 1.807) is 6.20 Å². The van der Waals surface area contributed by atoms with Gasteiger partial charge in [0, 0.05) is 29.5 Å². The lowest BCUT2D eigenvalue weighted by atomic mass is 10.1. The number of nitrogens with one attached hydrogen (secondary N) is 1. The molecule has 0 bridgehead atoms. The first-order valence-corrected chi connectivity index (χ1v) is 6.91. The van der Waals surface area contributed by atoms with Gasteiger partial charge in [0.15, 0.2) is 0 Å². The zero-order valence-corrected chi connectivity index (χ0v) is 12.4. The first-order valence-electron chi connectivity index (χ1n) is 5.74. The zero-order chi connectivity index (χ0) is 13.0. The SMILES string of the molecule is C[C@@H](NCc1ccc(Br)c(Cl)c1)c1cccnc1. The summed E-state index contributed by atoms with van der Waals surface area (Å²) in [6.07, 6.45) is 3.66. The Kier molecular flexibility index (Phi) is 4.75. The van der Waals surface area contributed by atoms with Gasteiger partial charge in [-0.05, 0) is 52.2 Å². The lowest BCUT2D eigenvalue weighted by Crippen LogP contribution is -2.18. The fourth-order valence-electron chi connectivity index (χ4n) is 1.67. The molecule has 0 fully saturated rings. The van der Waals surface area contributed by atoms with E-state index in [0.29, 0.717) is 0 Å². The predicted molar refractivity (Wildman–Crippen MR) is 78.6 cm³/mol. The summed E-state index contributed by atoms with van der Waals surface area (Å²) in [5.74, 6) is 0. The minimum Gasteiger partial charge on any atom is -0.306 e. The number of pyridine rings is 1. The molecule has 0 amide bonds. The number of benzene rings is 1. The maximum atomic E-state index is 6.06. The van der Waals surface area contributed by atoms with Crippen LogP contribution >= 0.6 is 27.5 Å². The topological polar surface area (TPSA) is 24.9 Å². The van der Waals surface area contributed by atoms with Crippen LogP contribution in [-0.4, -0.2) is 4.98 Å². The van der Waals surface area contributed by atoms with Crippen LogP contribution < -0.4 is 5.32 Å². The maximum Gasteiger partial charge on any atom is 0.0551 e. The monoisotopic (exact) mass is 324 g/mol. The van der Waals surface area contributed by atoms with Gasteiger partial charge in [0.25, 0.3) is 0 Å². The third kappa shape index (κ3) is 3.55. The van der Waals surface area contributed by atoms with Gasteiger partial charge in [-0.15, -0.1) is 0 Å². The Morgan fingerprint density at radius 3 is 2.89 bits per heavy atom. The molecule has 0 spiro atoms. The van der Waals surface area contributed by atoms with Crippen molar-refractivity contribution in [3.8, 4) is 0 Å². The van der Waals surface area contributed by atoms with Crippen molar-refractivity contribution < 1.29 is 0 Å². The van der Waals surface area contributed by atoms with Gasteiger partial charge in [-0.1, -0.05) is 23.7 Å². The summed E-state index contributed by atoms with van der Waals surface area (Å²) in [4.78, 5) is 4.12. The summed E-state index contributed by atoms with van der Waals surface area (Å²) in [7, 11) is 0. The molecule has 1 N–H and O–H groups in total. The number of hydrogen-bond acceptors (Lipinski definition) is 2. The number of halogens is 2. The second kappa shape index (κ2) is 6.32. The first kappa shape index (κ1) is 13.5. The van der Waals surface area contributed by atoms with E-state index in [-0.39, 0.29) is 6.04 Å². The van der Waals surface area contributed by atoms with Crippen LogP contribution in [0.3, 0.4) is 0 Å². The highest BCUT2D eigenvalue weighted by atomic mass is 79.9. The highest BCUT2D eigenvalue weighted by molar-refractivity contribution is 9.10.